The molecule has 2 aromatic carbocycles. The van der Waals surface area contributed by atoms with Crippen molar-refractivity contribution in [2.45, 2.75) is 18.4 Å². The molecule has 5 rings (SSSR count). The smallest absolute Gasteiger partial charge is 0.119 e. The molecule has 22 heavy (non-hydrogen) atoms. The number of aromatic nitrogens is 2. The first-order valence-electron chi connectivity index (χ1n) is 7.64. The fraction of sp³-hybridized carbons (Fsp3) is 0.278. The van der Waals surface area contributed by atoms with Crippen molar-refractivity contribution in [3.63, 3.8) is 0 Å². The third-order valence-corrected chi connectivity index (χ3v) is 4.83. The van der Waals surface area contributed by atoms with Gasteiger partial charge in [-0.15, -0.1) is 0 Å². The lowest BCUT2D eigenvalue weighted by atomic mass is 9.86. The minimum atomic E-state index is 0.109. The highest BCUT2D eigenvalue weighted by Gasteiger charge is 2.40. The largest absolute Gasteiger partial charge is 0.497 e. The Bertz CT molecular complexity index is 884. The van der Waals surface area contributed by atoms with E-state index in [1.54, 1.807) is 7.11 Å². The standard InChI is InChI=1S/C18H16N2O2/c1-21-11-6-7-16-14(10-11)18-13(8-9-22-18)17-12-4-2-3-5-15(12)19-20(16)17/h2-7,10,13,18H,8-9H2,1H3/t13-,18-/m0/s1. The van der Waals surface area contributed by atoms with Crippen molar-refractivity contribution in [1.29, 1.82) is 0 Å². The van der Waals surface area contributed by atoms with E-state index in [1.165, 1.54) is 16.6 Å². The van der Waals surface area contributed by atoms with Gasteiger partial charge in [-0.2, -0.15) is 5.10 Å². The Morgan fingerprint density at radius 3 is 3.05 bits per heavy atom. The normalized spacial score (nSPS) is 22.2. The molecular formula is C18H16N2O2. The van der Waals surface area contributed by atoms with Gasteiger partial charge < -0.3 is 9.47 Å². The summed E-state index contributed by atoms with van der Waals surface area (Å²) in [5.74, 6) is 1.24. The van der Waals surface area contributed by atoms with Crippen LogP contribution in [-0.4, -0.2) is 23.5 Å². The van der Waals surface area contributed by atoms with Crippen LogP contribution >= 0.6 is 0 Å². The fourth-order valence-corrected chi connectivity index (χ4v) is 3.85. The lowest BCUT2D eigenvalue weighted by Crippen LogP contribution is -2.20. The topological polar surface area (TPSA) is 36.3 Å². The predicted octanol–water partition coefficient (Wildman–Crippen LogP) is 3.59. The number of fused-ring (bicyclic) bond motifs is 8. The number of nitrogens with zero attached hydrogens (tertiary/aromatic N) is 2. The van der Waals surface area contributed by atoms with Crippen molar-refractivity contribution in [2.24, 2.45) is 0 Å². The van der Waals surface area contributed by atoms with E-state index in [2.05, 4.69) is 35.0 Å². The highest BCUT2D eigenvalue weighted by molar-refractivity contribution is 5.83. The van der Waals surface area contributed by atoms with Crippen LogP contribution in [0.3, 0.4) is 0 Å². The number of hydrogen-bond donors (Lipinski definition) is 0. The molecule has 3 heterocycles. The van der Waals surface area contributed by atoms with E-state index in [1.807, 2.05) is 12.1 Å². The Labute approximate surface area is 128 Å². The molecule has 3 aromatic rings. The predicted molar refractivity (Wildman–Crippen MR) is 83.7 cm³/mol. The summed E-state index contributed by atoms with van der Waals surface area (Å²) in [6.45, 7) is 0.797. The van der Waals surface area contributed by atoms with Crippen LogP contribution in [0.1, 0.15) is 29.7 Å². The van der Waals surface area contributed by atoms with Crippen molar-refractivity contribution >= 4 is 10.9 Å². The zero-order valence-electron chi connectivity index (χ0n) is 12.3. The van der Waals surface area contributed by atoms with Crippen LogP contribution in [0.15, 0.2) is 42.5 Å². The summed E-state index contributed by atoms with van der Waals surface area (Å²) in [5.41, 5.74) is 4.62. The van der Waals surface area contributed by atoms with Gasteiger partial charge in [0.2, 0.25) is 0 Å². The summed E-state index contributed by atoms with van der Waals surface area (Å²) in [5, 5.41) is 6.07. The fourth-order valence-electron chi connectivity index (χ4n) is 3.85. The second-order valence-electron chi connectivity index (χ2n) is 5.93. The minimum Gasteiger partial charge on any atom is -0.497 e. The number of hydrogen-bond acceptors (Lipinski definition) is 3. The Hall–Kier alpha value is -2.33. The summed E-state index contributed by atoms with van der Waals surface area (Å²) >= 11 is 0. The summed E-state index contributed by atoms with van der Waals surface area (Å²) in [6, 6.07) is 14.5. The molecule has 4 heteroatoms. The van der Waals surface area contributed by atoms with E-state index in [0.717, 1.165) is 30.0 Å². The van der Waals surface area contributed by atoms with E-state index in [4.69, 9.17) is 14.6 Å². The van der Waals surface area contributed by atoms with Crippen LogP contribution in [0.5, 0.6) is 5.75 Å². The van der Waals surface area contributed by atoms with Gasteiger partial charge in [-0.25, -0.2) is 4.68 Å². The highest BCUT2D eigenvalue weighted by Crippen LogP contribution is 2.50. The zero-order valence-corrected chi connectivity index (χ0v) is 12.3. The quantitative estimate of drug-likeness (QED) is 0.687. The molecule has 0 N–H and O–H groups in total. The van der Waals surface area contributed by atoms with Crippen molar-refractivity contribution in [3.05, 3.63) is 53.7 Å². The average molecular weight is 292 g/mol. The first kappa shape index (κ1) is 12.2. The van der Waals surface area contributed by atoms with Crippen LogP contribution in [-0.2, 0) is 4.74 Å². The van der Waals surface area contributed by atoms with Gasteiger partial charge in [-0.3, -0.25) is 0 Å². The molecule has 2 atom stereocenters. The molecule has 1 fully saturated rings. The third kappa shape index (κ3) is 1.48. The van der Waals surface area contributed by atoms with Gasteiger partial charge in [0.05, 0.1) is 30.1 Å². The van der Waals surface area contributed by atoms with Crippen LogP contribution in [0.4, 0.5) is 0 Å². The molecular weight excluding hydrogens is 276 g/mol. The van der Waals surface area contributed by atoms with Crippen LogP contribution < -0.4 is 4.74 Å². The molecule has 0 aliphatic carbocycles. The van der Waals surface area contributed by atoms with Gasteiger partial charge in [0.1, 0.15) is 5.75 Å². The van der Waals surface area contributed by atoms with Gasteiger partial charge in [0.15, 0.2) is 0 Å². The van der Waals surface area contributed by atoms with E-state index in [9.17, 15) is 0 Å². The molecule has 1 aromatic heterocycles. The number of ether oxygens (including phenoxy) is 2. The van der Waals surface area contributed by atoms with Crippen molar-refractivity contribution in [2.75, 3.05) is 13.7 Å². The molecule has 110 valence electrons. The second-order valence-corrected chi connectivity index (χ2v) is 5.93. The first-order chi connectivity index (χ1) is 10.9. The monoisotopic (exact) mass is 292 g/mol. The number of methoxy groups -OCH3 is 1. The third-order valence-electron chi connectivity index (χ3n) is 4.83. The van der Waals surface area contributed by atoms with E-state index in [-0.39, 0.29) is 6.10 Å². The SMILES string of the molecule is COc1ccc2c(c1)[C@H]1OCC[C@H]1c1c3ccccc3nn1-2. The van der Waals surface area contributed by atoms with Gasteiger partial charge in [0.25, 0.3) is 0 Å². The Balaban J connectivity index is 1.86. The van der Waals surface area contributed by atoms with Gasteiger partial charge in [0, 0.05) is 23.5 Å². The Kier molecular flexibility index (Phi) is 2.41. The first-order valence-corrected chi connectivity index (χ1v) is 7.64. The molecule has 4 nitrogen and oxygen atoms in total. The van der Waals surface area contributed by atoms with Gasteiger partial charge in [-0.1, -0.05) is 18.2 Å². The van der Waals surface area contributed by atoms with E-state index < -0.39 is 0 Å². The molecule has 0 unspecified atom stereocenters. The van der Waals surface area contributed by atoms with E-state index in [0.29, 0.717) is 5.92 Å². The lowest BCUT2D eigenvalue weighted by Gasteiger charge is -2.28. The number of rotatable bonds is 1. The lowest BCUT2D eigenvalue weighted by molar-refractivity contribution is 0.100. The Morgan fingerprint density at radius 2 is 2.14 bits per heavy atom. The maximum atomic E-state index is 6.06. The van der Waals surface area contributed by atoms with Crippen molar-refractivity contribution < 1.29 is 9.47 Å². The summed E-state index contributed by atoms with van der Waals surface area (Å²) < 4.78 is 13.6. The molecule has 0 saturated carbocycles. The van der Waals surface area contributed by atoms with Crippen LogP contribution in [0.2, 0.25) is 0 Å². The minimum absolute atomic E-state index is 0.109. The maximum absolute atomic E-state index is 6.06. The molecule has 0 amide bonds. The molecule has 1 saturated heterocycles. The number of benzene rings is 2. The molecule has 2 aliphatic heterocycles. The summed E-state index contributed by atoms with van der Waals surface area (Å²) in [6.07, 6.45) is 1.15. The molecule has 0 spiro atoms. The van der Waals surface area contributed by atoms with Crippen LogP contribution in [0.25, 0.3) is 16.6 Å². The maximum Gasteiger partial charge on any atom is 0.119 e. The summed E-state index contributed by atoms with van der Waals surface area (Å²) in [7, 11) is 1.70. The van der Waals surface area contributed by atoms with Crippen molar-refractivity contribution in [1.82, 2.24) is 9.78 Å². The Morgan fingerprint density at radius 1 is 1.23 bits per heavy atom. The van der Waals surface area contributed by atoms with E-state index >= 15 is 0 Å². The molecule has 0 bridgehead atoms. The van der Waals surface area contributed by atoms with Gasteiger partial charge >= 0.3 is 0 Å². The summed E-state index contributed by atoms with van der Waals surface area (Å²) in [4.78, 5) is 0. The molecule has 2 aliphatic rings. The average Bonchev–Trinajstić information content (AvgIpc) is 3.18. The molecule has 0 radical (unpaired) electrons. The van der Waals surface area contributed by atoms with Crippen molar-refractivity contribution in [3.8, 4) is 11.4 Å². The van der Waals surface area contributed by atoms with Crippen LogP contribution in [0, 0.1) is 0 Å². The van der Waals surface area contributed by atoms with Gasteiger partial charge in [-0.05, 0) is 30.7 Å². The zero-order chi connectivity index (χ0) is 14.7. The second kappa shape index (κ2) is 4.34. The highest BCUT2D eigenvalue weighted by atomic mass is 16.5.